The van der Waals surface area contributed by atoms with E-state index in [1.807, 2.05) is 26.0 Å². The van der Waals surface area contributed by atoms with Crippen molar-refractivity contribution in [2.45, 2.75) is 47.5 Å². The Kier molecular flexibility index (Phi) is 11.4. The third-order valence-corrected chi connectivity index (χ3v) is 3.32. The van der Waals surface area contributed by atoms with Gasteiger partial charge in [0.1, 0.15) is 17.0 Å². The molecule has 1 heterocycles. The molecule has 0 aliphatic rings. The second-order valence-electron chi connectivity index (χ2n) is 5.42. The zero-order chi connectivity index (χ0) is 19.2. The fraction of sp³-hybridized carbons (Fsp3) is 0.333. The Morgan fingerprint density at radius 2 is 1.84 bits per heavy atom. The van der Waals surface area contributed by atoms with Gasteiger partial charge in [0.2, 0.25) is 0 Å². The Bertz CT molecular complexity index is 704. The molecule has 0 aliphatic heterocycles. The molecular formula is C21H30N2O2. The van der Waals surface area contributed by atoms with Crippen LogP contribution in [0.4, 0.5) is 0 Å². The van der Waals surface area contributed by atoms with E-state index in [1.165, 1.54) is 19.8 Å². The predicted molar refractivity (Wildman–Crippen MR) is 107 cm³/mol. The number of nitrogens with zero attached hydrogens (tertiary/aromatic N) is 1. The van der Waals surface area contributed by atoms with Crippen LogP contribution >= 0.6 is 0 Å². The molecule has 0 saturated carbocycles. The highest BCUT2D eigenvalue weighted by Crippen LogP contribution is 2.22. The Hall–Kier alpha value is -2.62. The van der Waals surface area contributed by atoms with E-state index in [0.29, 0.717) is 11.2 Å². The number of ketones is 1. The maximum absolute atomic E-state index is 11.1. The van der Waals surface area contributed by atoms with Gasteiger partial charge >= 0.3 is 0 Å². The molecule has 1 aromatic heterocycles. The summed E-state index contributed by atoms with van der Waals surface area (Å²) in [5.41, 5.74) is 1.98. The van der Waals surface area contributed by atoms with Crippen LogP contribution in [-0.4, -0.2) is 15.9 Å². The molecule has 4 heteroatoms. The van der Waals surface area contributed by atoms with Crippen LogP contribution in [0.15, 0.2) is 54.9 Å². The minimum Gasteiger partial charge on any atom is -0.506 e. The monoisotopic (exact) mass is 342 g/mol. The van der Waals surface area contributed by atoms with Crippen molar-refractivity contribution in [3.05, 3.63) is 60.6 Å². The SMILES string of the molecule is C=CN/C(C)=C\C.CC(=O)c1ccc2cccc(O)c2n1.CCCC. The van der Waals surface area contributed by atoms with Gasteiger partial charge in [0.15, 0.2) is 5.78 Å². The van der Waals surface area contributed by atoms with E-state index in [1.54, 1.807) is 30.5 Å². The van der Waals surface area contributed by atoms with Crippen molar-refractivity contribution >= 4 is 16.7 Å². The summed E-state index contributed by atoms with van der Waals surface area (Å²) in [6, 6.07) is 8.57. The molecule has 2 aromatic rings. The van der Waals surface area contributed by atoms with Crippen LogP contribution in [-0.2, 0) is 0 Å². The first-order chi connectivity index (χ1) is 11.9. The third-order valence-electron chi connectivity index (χ3n) is 3.32. The first-order valence-electron chi connectivity index (χ1n) is 8.51. The summed E-state index contributed by atoms with van der Waals surface area (Å²) in [5, 5.41) is 13.3. The number of allylic oxidation sites excluding steroid dienone is 2. The number of nitrogens with one attached hydrogen (secondary N) is 1. The molecule has 4 nitrogen and oxygen atoms in total. The van der Waals surface area contributed by atoms with Crippen molar-refractivity contribution < 1.29 is 9.90 Å². The molecule has 0 atom stereocenters. The number of unbranched alkanes of at least 4 members (excludes halogenated alkanes) is 1. The van der Waals surface area contributed by atoms with E-state index in [0.717, 1.165) is 11.1 Å². The first-order valence-corrected chi connectivity index (χ1v) is 8.51. The number of pyridine rings is 1. The average Bonchev–Trinajstić information content (AvgIpc) is 2.62. The number of benzene rings is 1. The van der Waals surface area contributed by atoms with E-state index in [-0.39, 0.29) is 11.5 Å². The quantitative estimate of drug-likeness (QED) is 0.711. The highest BCUT2D eigenvalue weighted by Gasteiger charge is 2.04. The first kappa shape index (κ1) is 22.4. The van der Waals surface area contributed by atoms with E-state index < -0.39 is 0 Å². The van der Waals surface area contributed by atoms with Crippen LogP contribution in [0.2, 0.25) is 0 Å². The van der Waals surface area contributed by atoms with E-state index in [2.05, 4.69) is 30.7 Å². The lowest BCUT2D eigenvalue weighted by Crippen LogP contribution is -1.97. The summed E-state index contributed by atoms with van der Waals surface area (Å²) < 4.78 is 0. The number of hydrogen-bond acceptors (Lipinski definition) is 4. The Morgan fingerprint density at radius 3 is 2.28 bits per heavy atom. The van der Waals surface area contributed by atoms with Gasteiger partial charge in [0, 0.05) is 18.0 Å². The summed E-state index contributed by atoms with van der Waals surface area (Å²) in [6.07, 6.45) is 6.29. The Morgan fingerprint density at radius 1 is 1.20 bits per heavy atom. The van der Waals surface area contributed by atoms with Gasteiger partial charge in [-0.15, -0.1) is 0 Å². The molecule has 0 spiro atoms. The van der Waals surface area contributed by atoms with Crippen molar-refractivity contribution in [2.24, 2.45) is 0 Å². The molecule has 0 bridgehead atoms. The van der Waals surface area contributed by atoms with Gasteiger partial charge < -0.3 is 10.4 Å². The number of rotatable bonds is 4. The van der Waals surface area contributed by atoms with Crippen molar-refractivity contribution in [3.8, 4) is 5.75 Å². The molecule has 0 unspecified atom stereocenters. The highest BCUT2D eigenvalue weighted by atomic mass is 16.3. The van der Waals surface area contributed by atoms with Gasteiger partial charge in [-0.05, 0) is 32.2 Å². The second-order valence-corrected chi connectivity index (χ2v) is 5.42. The molecule has 1 aromatic carbocycles. The summed E-state index contributed by atoms with van der Waals surface area (Å²) in [6.45, 7) is 13.3. The molecule has 0 amide bonds. The van der Waals surface area contributed by atoms with Crippen LogP contribution in [0.1, 0.15) is 57.9 Å². The molecule has 0 aliphatic carbocycles. The van der Waals surface area contributed by atoms with Crippen LogP contribution in [0, 0.1) is 0 Å². The van der Waals surface area contributed by atoms with Crippen molar-refractivity contribution in [3.63, 3.8) is 0 Å². The summed E-state index contributed by atoms with van der Waals surface area (Å²) >= 11 is 0. The van der Waals surface area contributed by atoms with Gasteiger partial charge in [-0.3, -0.25) is 4.79 Å². The predicted octanol–water partition coefficient (Wildman–Crippen LogP) is 5.59. The zero-order valence-electron chi connectivity index (χ0n) is 16.0. The number of aromatic nitrogens is 1. The number of phenolic OH excluding ortho intramolecular Hbond substituents is 1. The van der Waals surface area contributed by atoms with Crippen LogP contribution in [0.25, 0.3) is 10.9 Å². The van der Waals surface area contributed by atoms with Crippen molar-refractivity contribution in [1.82, 2.24) is 10.3 Å². The van der Waals surface area contributed by atoms with Gasteiger partial charge in [-0.2, -0.15) is 0 Å². The Labute approximate surface area is 151 Å². The minimum atomic E-state index is -0.102. The third kappa shape index (κ3) is 8.70. The fourth-order valence-corrected chi connectivity index (χ4v) is 1.57. The molecule has 2 N–H and O–H groups in total. The highest BCUT2D eigenvalue weighted by molar-refractivity contribution is 5.95. The lowest BCUT2D eigenvalue weighted by Gasteiger charge is -2.01. The van der Waals surface area contributed by atoms with E-state index in [9.17, 15) is 9.90 Å². The molecule has 25 heavy (non-hydrogen) atoms. The number of carbonyl (C=O) groups is 1. The second kappa shape index (κ2) is 12.8. The number of fused-ring (bicyclic) bond motifs is 1. The lowest BCUT2D eigenvalue weighted by molar-refractivity contribution is 0.101. The maximum atomic E-state index is 11.1. The molecule has 0 radical (unpaired) electrons. The summed E-state index contributed by atoms with van der Waals surface area (Å²) in [4.78, 5) is 15.1. The number of para-hydroxylation sites is 1. The standard InChI is InChI=1S/C11H9NO2.C6H11N.C4H10/c1-7(13)9-6-5-8-3-2-4-10(14)11(8)12-9;1-4-6(3)7-5-2;1-3-4-2/h2-6,14H,1H3;4-5,7H,2H2,1,3H3;3-4H2,1-2H3/b;6-4-;. The number of hydrogen-bond donors (Lipinski definition) is 2. The number of aromatic hydroxyl groups is 1. The number of Topliss-reactive ketones (excluding diaryl/α,β-unsaturated/α-hetero) is 1. The molecule has 0 fully saturated rings. The average molecular weight is 342 g/mol. The summed E-state index contributed by atoms with van der Waals surface area (Å²) in [5.74, 6) is 0.000697. The molecule has 2 rings (SSSR count). The Balaban J connectivity index is 0.000000442. The summed E-state index contributed by atoms with van der Waals surface area (Å²) in [7, 11) is 0. The lowest BCUT2D eigenvalue weighted by atomic mass is 10.1. The topological polar surface area (TPSA) is 62.2 Å². The van der Waals surface area contributed by atoms with Gasteiger partial charge in [-0.25, -0.2) is 4.98 Å². The number of carbonyl (C=O) groups excluding carboxylic acids is 1. The maximum Gasteiger partial charge on any atom is 0.178 e. The molecular weight excluding hydrogens is 312 g/mol. The van der Waals surface area contributed by atoms with E-state index in [4.69, 9.17) is 0 Å². The van der Waals surface area contributed by atoms with Gasteiger partial charge in [-0.1, -0.05) is 57.5 Å². The number of phenols is 1. The zero-order valence-corrected chi connectivity index (χ0v) is 16.0. The minimum absolute atomic E-state index is 0.102. The normalized spacial score (nSPS) is 10.0. The van der Waals surface area contributed by atoms with Crippen molar-refractivity contribution in [2.75, 3.05) is 0 Å². The smallest absolute Gasteiger partial charge is 0.178 e. The molecule has 136 valence electrons. The van der Waals surface area contributed by atoms with Gasteiger partial charge in [0.25, 0.3) is 0 Å². The van der Waals surface area contributed by atoms with Crippen molar-refractivity contribution in [1.29, 1.82) is 0 Å². The molecule has 0 saturated heterocycles. The van der Waals surface area contributed by atoms with Gasteiger partial charge in [0.05, 0.1) is 0 Å². The van der Waals surface area contributed by atoms with Crippen LogP contribution < -0.4 is 5.32 Å². The fourth-order valence-electron chi connectivity index (χ4n) is 1.57. The van der Waals surface area contributed by atoms with Crippen LogP contribution in [0.3, 0.4) is 0 Å². The van der Waals surface area contributed by atoms with E-state index >= 15 is 0 Å². The largest absolute Gasteiger partial charge is 0.506 e. The van der Waals surface area contributed by atoms with Crippen LogP contribution in [0.5, 0.6) is 5.75 Å².